The van der Waals surface area contributed by atoms with Gasteiger partial charge in [0.15, 0.2) is 5.58 Å². The molecule has 2 aliphatic rings. The van der Waals surface area contributed by atoms with Gasteiger partial charge in [0.1, 0.15) is 6.54 Å². The molecule has 1 atom stereocenters. The summed E-state index contributed by atoms with van der Waals surface area (Å²) in [5.41, 5.74) is 1.99. The lowest BCUT2D eigenvalue weighted by Crippen LogP contribution is -2.51. The number of aryl methyl sites for hydroxylation is 1. The maximum atomic E-state index is 12.6. The highest BCUT2D eigenvalue weighted by atomic mass is 16.5. The van der Waals surface area contributed by atoms with Crippen LogP contribution in [0, 0.1) is 6.92 Å². The average Bonchev–Trinajstić information content (AvgIpc) is 2.91. The molecule has 2 fully saturated rings. The van der Waals surface area contributed by atoms with Gasteiger partial charge < -0.3 is 19.2 Å². The van der Waals surface area contributed by atoms with E-state index in [-0.39, 0.29) is 24.1 Å². The molecule has 0 bridgehead atoms. The zero-order chi connectivity index (χ0) is 18.1. The molecule has 2 saturated heterocycles. The topological polar surface area (TPSA) is 82.7 Å². The Balaban J connectivity index is 1.45. The van der Waals surface area contributed by atoms with E-state index in [1.165, 1.54) is 4.57 Å². The van der Waals surface area contributed by atoms with Crippen molar-refractivity contribution < 1.29 is 18.7 Å². The van der Waals surface area contributed by atoms with Crippen LogP contribution < -0.4 is 11.1 Å². The van der Waals surface area contributed by atoms with E-state index in [9.17, 15) is 9.59 Å². The SMILES string of the molecule is Cc1ccc2oc(=O)n(CC(=O)NC3CCOC4(CCOCC4)C3)c2c1. The fraction of sp³-hybridized carbons (Fsp3) is 0.579. The number of amides is 1. The smallest absolute Gasteiger partial charge is 0.408 e. The molecule has 1 aromatic heterocycles. The second-order valence-electron chi connectivity index (χ2n) is 7.33. The van der Waals surface area contributed by atoms with Crippen LogP contribution in [0.1, 0.15) is 31.2 Å². The van der Waals surface area contributed by atoms with Crippen LogP contribution in [0.2, 0.25) is 0 Å². The molecule has 2 aliphatic heterocycles. The third kappa shape index (κ3) is 3.41. The first-order valence-electron chi connectivity index (χ1n) is 9.16. The normalized spacial score (nSPS) is 22.6. The van der Waals surface area contributed by atoms with Gasteiger partial charge in [-0.2, -0.15) is 0 Å². The molecule has 7 heteroatoms. The molecule has 4 rings (SSSR count). The highest BCUT2D eigenvalue weighted by molar-refractivity contribution is 5.80. The summed E-state index contributed by atoms with van der Waals surface area (Å²) in [6, 6.07) is 5.56. The molecule has 0 saturated carbocycles. The van der Waals surface area contributed by atoms with Crippen LogP contribution in [-0.4, -0.2) is 41.9 Å². The lowest BCUT2D eigenvalue weighted by molar-refractivity contribution is -0.144. The average molecular weight is 360 g/mol. The predicted molar refractivity (Wildman–Crippen MR) is 95.1 cm³/mol. The minimum Gasteiger partial charge on any atom is -0.408 e. The third-order valence-corrected chi connectivity index (χ3v) is 5.39. The lowest BCUT2D eigenvalue weighted by atomic mass is 9.84. The Labute approximate surface area is 151 Å². The largest absolute Gasteiger partial charge is 0.420 e. The Hall–Kier alpha value is -2.12. The maximum absolute atomic E-state index is 12.6. The van der Waals surface area contributed by atoms with Crippen LogP contribution in [0.4, 0.5) is 0 Å². The molecule has 1 unspecified atom stereocenters. The number of aromatic nitrogens is 1. The number of carbonyl (C=O) groups excluding carboxylic acids is 1. The molecule has 1 aromatic carbocycles. The van der Waals surface area contributed by atoms with E-state index < -0.39 is 5.76 Å². The zero-order valence-corrected chi connectivity index (χ0v) is 15.0. The van der Waals surface area contributed by atoms with Gasteiger partial charge in [0, 0.05) is 25.9 Å². The van der Waals surface area contributed by atoms with Crippen molar-refractivity contribution in [2.75, 3.05) is 19.8 Å². The van der Waals surface area contributed by atoms with Crippen LogP contribution in [0.25, 0.3) is 11.1 Å². The van der Waals surface area contributed by atoms with Gasteiger partial charge in [-0.3, -0.25) is 9.36 Å². The quantitative estimate of drug-likeness (QED) is 0.902. The highest BCUT2D eigenvalue weighted by Gasteiger charge is 2.39. The fourth-order valence-corrected chi connectivity index (χ4v) is 3.98. The van der Waals surface area contributed by atoms with E-state index >= 15 is 0 Å². The van der Waals surface area contributed by atoms with E-state index in [0.717, 1.165) is 31.2 Å². The summed E-state index contributed by atoms with van der Waals surface area (Å²) in [5.74, 6) is -0.681. The van der Waals surface area contributed by atoms with Crippen molar-refractivity contribution >= 4 is 17.0 Å². The first kappa shape index (κ1) is 17.3. The van der Waals surface area contributed by atoms with Gasteiger partial charge in [0.25, 0.3) is 0 Å². The van der Waals surface area contributed by atoms with E-state index in [4.69, 9.17) is 13.9 Å². The number of carbonyl (C=O) groups is 1. The van der Waals surface area contributed by atoms with Gasteiger partial charge in [-0.15, -0.1) is 0 Å². The molecule has 0 radical (unpaired) electrons. The standard InChI is InChI=1S/C19H24N2O5/c1-13-2-3-16-15(10-13)21(18(23)26-16)12-17(22)20-14-4-7-25-19(11-14)5-8-24-9-6-19/h2-3,10,14H,4-9,11-12H2,1H3,(H,20,22). The number of nitrogens with one attached hydrogen (secondary N) is 1. The van der Waals surface area contributed by atoms with Crippen LogP contribution in [-0.2, 0) is 20.8 Å². The van der Waals surface area contributed by atoms with Gasteiger partial charge in [-0.05, 0) is 50.3 Å². The lowest BCUT2D eigenvalue weighted by Gasteiger charge is -2.43. The predicted octanol–water partition coefficient (Wildman–Crippen LogP) is 1.75. The Morgan fingerprint density at radius 2 is 2.12 bits per heavy atom. The third-order valence-electron chi connectivity index (χ3n) is 5.39. The molecule has 26 heavy (non-hydrogen) atoms. The number of nitrogens with zero attached hydrogens (tertiary/aromatic N) is 1. The minimum atomic E-state index is -0.506. The fourth-order valence-electron chi connectivity index (χ4n) is 3.98. The molecule has 140 valence electrons. The van der Waals surface area contributed by atoms with Gasteiger partial charge in [-0.25, -0.2) is 4.79 Å². The van der Waals surface area contributed by atoms with Crippen molar-refractivity contribution in [1.82, 2.24) is 9.88 Å². The number of benzene rings is 1. The molecule has 0 aliphatic carbocycles. The second-order valence-corrected chi connectivity index (χ2v) is 7.33. The number of rotatable bonds is 3. The maximum Gasteiger partial charge on any atom is 0.420 e. The summed E-state index contributed by atoms with van der Waals surface area (Å²) >= 11 is 0. The molecular weight excluding hydrogens is 336 g/mol. The van der Waals surface area contributed by atoms with Crippen molar-refractivity contribution in [2.24, 2.45) is 0 Å². The van der Waals surface area contributed by atoms with Gasteiger partial charge in [0.05, 0.1) is 11.1 Å². The van der Waals surface area contributed by atoms with E-state index in [0.29, 0.717) is 30.9 Å². The van der Waals surface area contributed by atoms with Crippen molar-refractivity contribution in [3.8, 4) is 0 Å². The second kappa shape index (κ2) is 6.89. The van der Waals surface area contributed by atoms with Crippen molar-refractivity contribution in [1.29, 1.82) is 0 Å². The summed E-state index contributed by atoms with van der Waals surface area (Å²) in [6.45, 7) is 3.95. The van der Waals surface area contributed by atoms with E-state index in [2.05, 4.69) is 5.32 Å². The van der Waals surface area contributed by atoms with Crippen LogP contribution >= 0.6 is 0 Å². The van der Waals surface area contributed by atoms with Gasteiger partial charge in [-0.1, -0.05) is 6.07 Å². The zero-order valence-electron chi connectivity index (χ0n) is 15.0. The number of hydrogen-bond acceptors (Lipinski definition) is 5. The van der Waals surface area contributed by atoms with Crippen LogP contribution in [0.5, 0.6) is 0 Å². The van der Waals surface area contributed by atoms with Gasteiger partial charge >= 0.3 is 5.76 Å². The van der Waals surface area contributed by atoms with E-state index in [1.807, 2.05) is 19.1 Å². The summed E-state index contributed by atoms with van der Waals surface area (Å²) in [5, 5.41) is 3.07. The number of ether oxygens (including phenoxy) is 2. The molecular formula is C19H24N2O5. The van der Waals surface area contributed by atoms with Crippen molar-refractivity contribution in [3.05, 3.63) is 34.3 Å². The Bertz CT molecular complexity index is 857. The molecule has 7 nitrogen and oxygen atoms in total. The minimum absolute atomic E-state index is 0.0389. The summed E-state index contributed by atoms with van der Waals surface area (Å²) in [7, 11) is 0. The van der Waals surface area contributed by atoms with Crippen molar-refractivity contribution in [2.45, 2.75) is 50.8 Å². The number of oxazole rings is 1. The Kier molecular flexibility index (Phi) is 4.58. The van der Waals surface area contributed by atoms with Crippen LogP contribution in [0.15, 0.2) is 27.4 Å². The summed E-state index contributed by atoms with van der Waals surface area (Å²) in [6.07, 6.45) is 3.31. The Morgan fingerprint density at radius 1 is 1.31 bits per heavy atom. The van der Waals surface area contributed by atoms with Crippen molar-refractivity contribution in [3.63, 3.8) is 0 Å². The highest BCUT2D eigenvalue weighted by Crippen LogP contribution is 2.34. The first-order valence-corrected chi connectivity index (χ1v) is 9.16. The van der Waals surface area contributed by atoms with Crippen LogP contribution in [0.3, 0.4) is 0 Å². The Morgan fingerprint density at radius 3 is 2.92 bits per heavy atom. The molecule has 3 heterocycles. The number of fused-ring (bicyclic) bond motifs is 1. The first-order chi connectivity index (χ1) is 12.5. The number of hydrogen-bond donors (Lipinski definition) is 1. The van der Waals surface area contributed by atoms with Gasteiger partial charge in [0.2, 0.25) is 5.91 Å². The summed E-state index contributed by atoms with van der Waals surface area (Å²) < 4.78 is 18.1. The monoisotopic (exact) mass is 360 g/mol. The molecule has 1 amide bonds. The molecule has 2 aromatic rings. The summed E-state index contributed by atoms with van der Waals surface area (Å²) in [4.78, 5) is 24.7. The molecule has 1 spiro atoms. The molecule has 1 N–H and O–H groups in total. The van der Waals surface area contributed by atoms with E-state index in [1.54, 1.807) is 6.07 Å².